The number of benzene rings is 2. The van der Waals surface area contributed by atoms with Gasteiger partial charge in [-0.3, -0.25) is 4.98 Å². The van der Waals surface area contributed by atoms with E-state index in [9.17, 15) is 9.59 Å². The van der Waals surface area contributed by atoms with Gasteiger partial charge in [0.05, 0.1) is 12.7 Å². The fourth-order valence-electron chi connectivity index (χ4n) is 4.42. The van der Waals surface area contributed by atoms with Gasteiger partial charge in [0.25, 0.3) is 0 Å². The number of hydrogen-bond acceptors (Lipinski definition) is 7. The zero-order valence-electron chi connectivity index (χ0n) is 24.6. The quantitative estimate of drug-likeness (QED) is 0.206. The average molecular weight is 564 g/mol. The van der Waals surface area contributed by atoms with Gasteiger partial charge >= 0.3 is 12.1 Å². The number of aromatic nitrogens is 1. The van der Waals surface area contributed by atoms with Gasteiger partial charge in [0.1, 0.15) is 5.60 Å². The Hall–Kier alpha value is -3.36. The number of aryl methyl sites for hydroxylation is 1. The van der Waals surface area contributed by atoms with Crippen molar-refractivity contribution in [2.75, 3.05) is 7.11 Å². The number of nitrogens with one attached hydrogen (secondary N) is 1. The normalized spacial score (nSPS) is 11.4. The van der Waals surface area contributed by atoms with Crippen molar-refractivity contribution < 1.29 is 19.1 Å². The highest BCUT2D eigenvalue weighted by Gasteiger charge is 2.23. The van der Waals surface area contributed by atoms with Crippen molar-refractivity contribution in [1.29, 1.82) is 0 Å². The molecule has 0 radical (unpaired) electrons. The number of nitrogens with two attached hydrogens (primary N) is 1. The molecule has 1 aromatic heterocycles. The lowest BCUT2D eigenvalue weighted by atomic mass is 9.90. The predicted molar refractivity (Wildman–Crippen MR) is 161 cm³/mol. The van der Waals surface area contributed by atoms with Gasteiger partial charge in [0.15, 0.2) is 0 Å². The summed E-state index contributed by atoms with van der Waals surface area (Å²) in [6.07, 6.45) is 0.287. The van der Waals surface area contributed by atoms with Crippen LogP contribution >= 0.6 is 11.8 Å². The third-order valence-corrected chi connectivity index (χ3v) is 7.34. The van der Waals surface area contributed by atoms with Crippen LogP contribution in [0.2, 0.25) is 0 Å². The number of hydrogen-bond donors (Lipinski definition) is 2. The van der Waals surface area contributed by atoms with Gasteiger partial charge in [-0.25, -0.2) is 9.59 Å². The van der Waals surface area contributed by atoms with Crippen molar-refractivity contribution in [2.24, 2.45) is 11.7 Å². The number of pyridine rings is 1. The summed E-state index contributed by atoms with van der Waals surface area (Å²) in [4.78, 5) is 31.0. The Morgan fingerprint density at radius 1 is 1.05 bits per heavy atom. The van der Waals surface area contributed by atoms with Crippen molar-refractivity contribution in [3.05, 3.63) is 82.2 Å². The van der Waals surface area contributed by atoms with Gasteiger partial charge in [-0.15, -0.1) is 11.8 Å². The number of methoxy groups -OCH3 is 1. The highest BCUT2D eigenvalue weighted by molar-refractivity contribution is 7.98. The van der Waals surface area contributed by atoms with Crippen LogP contribution in [-0.4, -0.2) is 29.8 Å². The van der Waals surface area contributed by atoms with Crippen molar-refractivity contribution >= 4 is 23.8 Å². The summed E-state index contributed by atoms with van der Waals surface area (Å²) in [6.45, 7) is 12.6. The molecule has 8 heteroatoms. The van der Waals surface area contributed by atoms with Crippen LogP contribution in [0.5, 0.6) is 0 Å². The molecule has 3 rings (SSSR count). The maximum atomic E-state index is 12.7. The van der Waals surface area contributed by atoms with E-state index in [4.69, 9.17) is 20.2 Å². The van der Waals surface area contributed by atoms with Crippen LogP contribution < -0.4 is 11.1 Å². The van der Waals surface area contributed by atoms with Gasteiger partial charge in [0, 0.05) is 40.7 Å². The number of rotatable bonds is 10. The summed E-state index contributed by atoms with van der Waals surface area (Å²) in [5, 5.41) is 2.96. The Morgan fingerprint density at radius 3 is 2.33 bits per heavy atom. The van der Waals surface area contributed by atoms with E-state index < -0.39 is 11.7 Å². The zero-order valence-corrected chi connectivity index (χ0v) is 25.4. The zero-order chi connectivity index (χ0) is 29.4. The molecule has 0 saturated carbocycles. The fourth-order valence-corrected chi connectivity index (χ4v) is 5.55. The SMILES string of the molecule is COC(=O)c1ccccc1SCc1c(C)nc(CC(C)C)c(CNC(=O)OC(C)(C)C)c1-c1ccc(CN)cc1. The first kappa shape index (κ1) is 31.2. The molecule has 2 aromatic carbocycles. The summed E-state index contributed by atoms with van der Waals surface area (Å²) in [5.41, 5.74) is 12.8. The second-order valence-corrected chi connectivity index (χ2v) is 12.1. The van der Waals surface area contributed by atoms with E-state index >= 15 is 0 Å². The Labute approximate surface area is 242 Å². The van der Waals surface area contributed by atoms with Gasteiger partial charge in [-0.05, 0) is 74.4 Å². The topological polar surface area (TPSA) is 104 Å². The second-order valence-electron chi connectivity index (χ2n) is 11.1. The summed E-state index contributed by atoms with van der Waals surface area (Å²) in [6, 6.07) is 15.6. The minimum Gasteiger partial charge on any atom is -0.465 e. The largest absolute Gasteiger partial charge is 0.465 e. The summed E-state index contributed by atoms with van der Waals surface area (Å²) in [5.74, 6) is 0.569. The molecule has 1 heterocycles. The van der Waals surface area contributed by atoms with Crippen LogP contribution in [0, 0.1) is 12.8 Å². The molecule has 214 valence electrons. The highest BCUT2D eigenvalue weighted by Crippen LogP contribution is 2.37. The van der Waals surface area contributed by atoms with E-state index in [0.717, 1.165) is 50.5 Å². The van der Waals surface area contributed by atoms with Crippen LogP contribution in [0.1, 0.15) is 73.1 Å². The average Bonchev–Trinajstić information content (AvgIpc) is 2.90. The molecule has 0 fully saturated rings. The maximum absolute atomic E-state index is 12.7. The lowest BCUT2D eigenvalue weighted by molar-refractivity contribution is 0.0522. The molecule has 7 nitrogen and oxygen atoms in total. The van der Waals surface area contributed by atoms with E-state index in [0.29, 0.717) is 23.8 Å². The maximum Gasteiger partial charge on any atom is 0.407 e. The highest BCUT2D eigenvalue weighted by atomic mass is 32.2. The number of nitrogens with zero attached hydrogens (tertiary/aromatic N) is 1. The molecule has 0 bridgehead atoms. The van der Waals surface area contributed by atoms with Gasteiger partial charge in [-0.1, -0.05) is 50.2 Å². The van der Waals surface area contributed by atoms with Crippen molar-refractivity contribution in [2.45, 2.75) is 77.3 Å². The van der Waals surface area contributed by atoms with E-state index in [1.807, 2.05) is 58.0 Å². The third-order valence-electron chi connectivity index (χ3n) is 6.24. The van der Waals surface area contributed by atoms with Crippen LogP contribution in [0.15, 0.2) is 53.4 Å². The molecule has 0 spiro atoms. The lowest BCUT2D eigenvalue weighted by Gasteiger charge is -2.24. The number of thioether (sulfide) groups is 1. The standard InChI is InChI=1S/C32H41N3O4S/c1-20(2)16-27-25(18-34-31(37)39-32(4,5)6)29(23-14-12-22(17-33)13-15-23)26(21(3)35-27)19-40-28-11-9-8-10-24(28)30(36)38-7/h8-15,20H,16-19,33H2,1-7H3,(H,34,37). The molecule has 0 unspecified atom stereocenters. The Bertz CT molecular complexity index is 1330. The van der Waals surface area contributed by atoms with E-state index in [2.05, 4.69) is 31.3 Å². The monoisotopic (exact) mass is 563 g/mol. The number of esters is 1. The van der Waals surface area contributed by atoms with E-state index in [-0.39, 0.29) is 12.5 Å². The molecule has 0 aliphatic rings. The predicted octanol–water partition coefficient (Wildman–Crippen LogP) is 6.82. The molecule has 0 saturated heterocycles. The Kier molecular flexibility index (Phi) is 10.8. The summed E-state index contributed by atoms with van der Waals surface area (Å²) < 4.78 is 10.5. The fraction of sp³-hybridized carbons (Fsp3) is 0.406. The summed E-state index contributed by atoms with van der Waals surface area (Å²) >= 11 is 1.56. The van der Waals surface area contributed by atoms with Crippen LogP contribution in [0.4, 0.5) is 4.79 Å². The second kappa shape index (κ2) is 13.8. The molecule has 3 N–H and O–H groups in total. The molecule has 3 aromatic rings. The van der Waals surface area contributed by atoms with E-state index in [1.165, 1.54) is 7.11 Å². The summed E-state index contributed by atoms with van der Waals surface area (Å²) in [7, 11) is 1.39. The number of alkyl carbamates (subject to hydrolysis) is 1. The lowest BCUT2D eigenvalue weighted by Crippen LogP contribution is -2.32. The van der Waals surface area contributed by atoms with Crippen molar-refractivity contribution in [3.8, 4) is 11.1 Å². The number of amides is 1. The third kappa shape index (κ3) is 8.32. The molecule has 40 heavy (non-hydrogen) atoms. The minimum atomic E-state index is -0.605. The van der Waals surface area contributed by atoms with Crippen LogP contribution in [0.25, 0.3) is 11.1 Å². The van der Waals surface area contributed by atoms with Crippen LogP contribution in [-0.2, 0) is 34.7 Å². The minimum absolute atomic E-state index is 0.272. The first-order chi connectivity index (χ1) is 18.9. The molecule has 0 atom stereocenters. The van der Waals surface area contributed by atoms with Crippen LogP contribution in [0.3, 0.4) is 0 Å². The first-order valence-electron chi connectivity index (χ1n) is 13.5. The molecule has 1 amide bonds. The number of carbonyl (C=O) groups excluding carboxylic acids is 2. The first-order valence-corrected chi connectivity index (χ1v) is 14.5. The molecule has 0 aliphatic carbocycles. The smallest absolute Gasteiger partial charge is 0.407 e. The van der Waals surface area contributed by atoms with Crippen molar-refractivity contribution in [1.82, 2.24) is 10.3 Å². The Balaban J connectivity index is 2.14. The molecular formula is C32H41N3O4S. The number of ether oxygens (including phenoxy) is 2. The van der Waals surface area contributed by atoms with Gasteiger partial charge < -0.3 is 20.5 Å². The van der Waals surface area contributed by atoms with Gasteiger partial charge in [0.2, 0.25) is 0 Å². The van der Waals surface area contributed by atoms with E-state index in [1.54, 1.807) is 17.8 Å². The number of carbonyl (C=O) groups is 2. The molecular weight excluding hydrogens is 522 g/mol. The van der Waals surface area contributed by atoms with Gasteiger partial charge in [-0.2, -0.15) is 0 Å². The van der Waals surface area contributed by atoms with Crippen molar-refractivity contribution in [3.63, 3.8) is 0 Å². The molecule has 0 aliphatic heterocycles. The Morgan fingerprint density at radius 2 is 1.73 bits per heavy atom.